The van der Waals surface area contributed by atoms with Crippen LogP contribution in [-0.4, -0.2) is 18.4 Å². The Balaban J connectivity index is 2.00. The van der Waals surface area contributed by atoms with Crippen molar-refractivity contribution in [2.45, 2.75) is 13.3 Å². The van der Waals surface area contributed by atoms with Gasteiger partial charge >= 0.3 is 0 Å². The third kappa shape index (κ3) is 5.03. The highest BCUT2D eigenvalue weighted by molar-refractivity contribution is 6.31. The molecule has 0 aliphatic carbocycles. The van der Waals surface area contributed by atoms with E-state index in [4.69, 9.17) is 16.9 Å². The van der Waals surface area contributed by atoms with Gasteiger partial charge in [-0.1, -0.05) is 11.6 Å². The van der Waals surface area contributed by atoms with Crippen molar-refractivity contribution in [1.82, 2.24) is 0 Å². The third-order valence-electron chi connectivity index (χ3n) is 3.46. The molecule has 0 fully saturated rings. The van der Waals surface area contributed by atoms with Crippen molar-refractivity contribution >= 4 is 34.8 Å². The predicted molar refractivity (Wildman–Crippen MR) is 93.8 cm³/mol. The van der Waals surface area contributed by atoms with E-state index in [9.17, 15) is 14.0 Å². The van der Waals surface area contributed by atoms with Gasteiger partial charge in [-0.15, -0.1) is 0 Å². The summed E-state index contributed by atoms with van der Waals surface area (Å²) < 4.78 is 13.3. The monoisotopic (exact) mass is 359 g/mol. The molecule has 0 bridgehead atoms. The maximum atomic E-state index is 13.3. The van der Waals surface area contributed by atoms with Crippen LogP contribution in [0.4, 0.5) is 15.8 Å². The predicted octanol–water partition coefficient (Wildman–Crippen LogP) is 3.73. The van der Waals surface area contributed by atoms with Crippen LogP contribution in [0.1, 0.15) is 18.9 Å². The van der Waals surface area contributed by atoms with Crippen LogP contribution in [0.15, 0.2) is 42.5 Å². The van der Waals surface area contributed by atoms with Crippen molar-refractivity contribution in [3.05, 3.63) is 58.9 Å². The van der Waals surface area contributed by atoms with Crippen molar-refractivity contribution in [1.29, 1.82) is 5.26 Å². The van der Waals surface area contributed by atoms with E-state index in [0.717, 1.165) is 0 Å². The van der Waals surface area contributed by atoms with Crippen LogP contribution in [0.5, 0.6) is 0 Å². The Morgan fingerprint density at radius 3 is 2.48 bits per heavy atom. The number of carbonyl (C=O) groups excluding carboxylic acids is 2. The van der Waals surface area contributed by atoms with E-state index in [0.29, 0.717) is 16.9 Å². The van der Waals surface area contributed by atoms with Crippen molar-refractivity contribution in [2.24, 2.45) is 0 Å². The second-order valence-electron chi connectivity index (χ2n) is 5.26. The number of amides is 2. The summed E-state index contributed by atoms with van der Waals surface area (Å²) >= 11 is 5.74. The summed E-state index contributed by atoms with van der Waals surface area (Å²) in [7, 11) is 0. The highest BCUT2D eigenvalue weighted by Crippen LogP contribution is 2.23. The Morgan fingerprint density at radius 1 is 1.24 bits per heavy atom. The third-order valence-corrected chi connectivity index (χ3v) is 3.74. The van der Waals surface area contributed by atoms with E-state index in [-0.39, 0.29) is 29.8 Å². The van der Waals surface area contributed by atoms with Crippen molar-refractivity contribution < 1.29 is 14.0 Å². The van der Waals surface area contributed by atoms with Gasteiger partial charge in [0.15, 0.2) is 0 Å². The lowest BCUT2D eigenvalue weighted by atomic mass is 10.2. The summed E-state index contributed by atoms with van der Waals surface area (Å²) in [5.41, 5.74) is 1.47. The summed E-state index contributed by atoms with van der Waals surface area (Å²) in [4.78, 5) is 25.2. The molecule has 128 valence electrons. The molecule has 2 rings (SSSR count). The number of rotatable bonds is 5. The number of hydrogen-bond acceptors (Lipinski definition) is 3. The summed E-state index contributed by atoms with van der Waals surface area (Å²) in [6.07, 6.45) is 0.0502. The molecule has 0 radical (unpaired) electrons. The number of nitrogens with one attached hydrogen (secondary N) is 1. The zero-order valence-corrected chi connectivity index (χ0v) is 14.2. The molecule has 1 N–H and O–H groups in total. The molecule has 0 saturated heterocycles. The highest BCUT2D eigenvalue weighted by atomic mass is 35.5. The molecule has 2 amide bonds. The quantitative estimate of drug-likeness (QED) is 0.883. The van der Waals surface area contributed by atoms with E-state index in [1.165, 1.54) is 30.0 Å². The fourth-order valence-electron chi connectivity index (χ4n) is 2.19. The Kier molecular flexibility index (Phi) is 6.09. The Morgan fingerprint density at radius 2 is 1.92 bits per heavy atom. The fourth-order valence-corrected chi connectivity index (χ4v) is 2.36. The molecule has 0 aromatic heterocycles. The second kappa shape index (κ2) is 8.27. The van der Waals surface area contributed by atoms with Crippen molar-refractivity contribution in [2.75, 3.05) is 16.8 Å². The van der Waals surface area contributed by atoms with Gasteiger partial charge in [-0.3, -0.25) is 9.59 Å². The average molecular weight is 360 g/mol. The van der Waals surface area contributed by atoms with Crippen molar-refractivity contribution in [3.8, 4) is 6.07 Å². The molecule has 0 spiro atoms. The molecular weight excluding hydrogens is 345 g/mol. The van der Waals surface area contributed by atoms with Crippen LogP contribution in [0, 0.1) is 17.1 Å². The highest BCUT2D eigenvalue weighted by Gasteiger charge is 2.15. The number of benzene rings is 2. The Labute approximate surface area is 149 Å². The lowest BCUT2D eigenvalue weighted by Crippen LogP contribution is -2.32. The molecule has 5 nitrogen and oxygen atoms in total. The lowest BCUT2D eigenvalue weighted by molar-refractivity contribution is -0.117. The molecule has 25 heavy (non-hydrogen) atoms. The minimum atomic E-state index is -0.576. The molecule has 0 atom stereocenters. The van der Waals surface area contributed by atoms with Gasteiger partial charge in [0, 0.05) is 31.3 Å². The number of nitrogens with zero attached hydrogens (tertiary/aromatic N) is 2. The first-order chi connectivity index (χ1) is 11.9. The Hall–Kier alpha value is -2.91. The van der Waals surface area contributed by atoms with E-state index >= 15 is 0 Å². The topological polar surface area (TPSA) is 73.2 Å². The lowest BCUT2D eigenvalue weighted by Gasteiger charge is -2.21. The van der Waals surface area contributed by atoms with Crippen LogP contribution in [0.3, 0.4) is 0 Å². The number of anilines is 2. The first kappa shape index (κ1) is 18.4. The average Bonchev–Trinajstić information content (AvgIpc) is 2.58. The maximum absolute atomic E-state index is 13.3. The van der Waals surface area contributed by atoms with Gasteiger partial charge in [0.1, 0.15) is 5.82 Å². The van der Waals surface area contributed by atoms with E-state index < -0.39 is 5.82 Å². The minimum absolute atomic E-state index is 0.0502. The van der Waals surface area contributed by atoms with Gasteiger partial charge in [0.2, 0.25) is 11.8 Å². The standard InChI is InChI=1S/C18H15ClFN3O2/c1-12(24)23(15-6-7-17(20)16(19)10-15)9-8-18(25)22-14-4-2-13(11-21)3-5-14/h2-7,10H,8-9H2,1H3,(H,22,25). The normalized spacial score (nSPS) is 10.0. The van der Waals surface area contributed by atoms with Crippen LogP contribution < -0.4 is 10.2 Å². The summed E-state index contributed by atoms with van der Waals surface area (Å²) in [5.74, 6) is -1.15. The van der Waals surface area contributed by atoms with Gasteiger partial charge in [-0.2, -0.15) is 5.26 Å². The molecule has 0 unspecified atom stereocenters. The molecule has 7 heteroatoms. The first-order valence-electron chi connectivity index (χ1n) is 7.44. The second-order valence-corrected chi connectivity index (χ2v) is 5.66. The van der Waals surface area contributed by atoms with E-state index in [1.807, 2.05) is 6.07 Å². The zero-order chi connectivity index (χ0) is 18.4. The van der Waals surface area contributed by atoms with Crippen LogP contribution in [-0.2, 0) is 9.59 Å². The molecule has 0 aliphatic heterocycles. The minimum Gasteiger partial charge on any atom is -0.326 e. The summed E-state index contributed by atoms with van der Waals surface area (Å²) in [5, 5.41) is 11.3. The van der Waals surface area contributed by atoms with Gasteiger partial charge in [-0.05, 0) is 42.5 Å². The molecular formula is C18H15ClFN3O2. The van der Waals surface area contributed by atoms with Gasteiger partial charge in [0.05, 0.1) is 16.7 Å². The Bertz CT molecular complexity index is 831. The molecule has 2 aromatic carbocycles. The van der Waals surface area contributed by atoms with E-state index in [2.05, 4.69) is 5.32 Å². The first-order valence-corrected chi connectivity index (χ1v) is 7.81. The number of halogens is 2. The smallest absolute Gasteiger partial charge is 0.226 e. The van der Waals surface area contributed by atoms with Gasteiger partial charge in [0.25, 0.3) is 0 Å². The largest absolute Gasteiger partial charge is 0.326 e. The molecule has 0 heterocycles. The van der Waals surface area contributed by atoms with Gasteiger partial charge < -0.3 is 10.2 Å². The number of nitriles is 1. The molecule has 2 aromatic rings. The maximum Gasteiger partial charge on any atom is 0.226 e. The van der Waals surface area contributed by atoms with Crippen LogP contribution >= 0.6 is 11.6 Å². The zero-order valence-electron chi connectivity index (χ0n) is 13.4. The van der Waals surface area contributed by atoms with E-state index in [1.54, 1.807) is 24.3 Å². The summed E-state index contributed by atoms with van der Waals surface area (Å²) in [6.45, 7) is 1.48. The van der Waals surface area contributed by atoms with Crippen LogP contribution in [0.2, 0.25) is 5.02 Å². The SMILES string of the molecule is CC(=O)N(CCC(=O)Nc1ccc(C#N)cc1)c1ccc(F)c(Cl)c1. The molecule has 0 saturated carbocycles. The number of hydrogen-bond donors (Lipinski definition) is 1. The number of carbonyl (C=O) groups is 2. The summed E-state index contributed by atoms with van der Waals surface area (Å²) in [6, 6.07) is 12.4. The fraction of sp³-hybridized carbons (Fsp3) is 0.167. The van der Waals surface area contributed by atoms with Gasteiger partial charge in [-0.25, -0.2) is 4.39 Å². The van der Waals surface area contributed by atoms with Crippen molar-refractivity contribution in [3.63, 3.8) is 0 Å². The van der Waals surface area contributed by atoms with Crippen LogP contribution in [0.25, 0.3) is 0 Å². The molecule has 0 aliphatic rings.